The lowest BCUT2D eigenvalue weighted by molar-refractivity contribution is -0.128. The standard InChI is InChI=1S/C33H45FN2O5/c34-26-14-15-28(30(37)21-26)33(40)36-29(20-24-10-5-2-6-11-24)31(38)22-27(13-7-12-23-8-3-1-4-9-23)35-32(39)25-16-18-41-19-17-25/h2,5-6,10-11,14-15,21,23,25,27,29,31,37-38H,1,3-4,7-9,12-13,16-20,22H2,(H,35,39)(H,36,40)/t27-,29-,31-/m0/s1. The molecule has 0 aromatic heterocycles. The van der Waals surface area contributed by atoms with Crippen molar-refractivity contribution in [1.82, 2.24) is 10.6 Å². The number of aliphatic hydroxyl groups excluding tert-OH is 1. The lowest BCUT2D eigenvalue weighted by Crippen LogP contribution is -2.49. The van der Waals surface area contributed by atoms with Gasteiger partial charge in [0, 0.05) is 31.2 Å². The van der Waals surface area contributed by atoms with Crippen LogP contribution in [0.2, 0.25) is 0 Å². The van der Waals surface area contributed by atoms with E-state index in [0.29, 0.717) is 32.5 Å². The van der Waals surface area contributed by atoms with Crippen molar-refractivity contribution in [2.45, 2.75) is 95.2 Å². The molecule has 1 saturated heterocycles. The van der Waals surface area contributed by atoms with Crippen molar-refractivity contribution in [1.29, 1.82) is 0 Å². The minimum absolute atomic E-state index is 0.00282. The van der Waals surface area contributed by atoms with Gasteiger partial charge >= 0.3 is 0 Å². The van der Waals surface area contributed by atoms with Gasteiger partial charge in [0.05, 0.1) is 17.7 Å². The van der Waals surface area contributed by atoms with Gasteiger partial charge in [0.15, 0.2) is 0 Å². The minimum Gasteiger partial charge on any atom is -0.507 e. The first-order chi connectivity index (χ1) is 19.9. The molecule has 2 fully saturated rings. The smallest absolute Gasteiger partial charge is 0.255 e. The number of aromatic hydroxyl groups is 1. The van der Waals surface area contributed by atoms with E-state index in [1.165, 1.54) is 38.2 Å². The first-order valence-corrected chi connectivity index (χ1v) is 15.3. The second-order valence-corrected chi connectivity index (χ2v) is 11.8. The third kappa shape index (κ3) is 9.82. The van der Waals surface area contributed by atoms with Crippen LogP contribution in [0.3, 0.4) is 0 Å². The van der Waals surface area contributed by atoms with Crippen LogP contribution >= 0.6 is 0 Å². The number of phenols is 1. The molecule has 0 radical (unpaired) electrons. The van der Waals surface area contributed by atoms with Crippen LogP contribution in [-0.2, 0) is 16.0 Å². The largest absolute Gasteiger partial charge is 0.507 e. The Morgan fingerprint density at radius 3 is 2.41 bits per heavy atom. The van der Waals surface area contributed by atoms with E-state index in [2.05, 4.69) is 10.6 Å². The number of aliphatic hydroxyl groups is 1. The third-order valence-electron chi connectivity index (χ3n) is 8.64. The van der Waals surface area contributed by atoms with E-state index in [9.17, 15) is 24.2 Å². The van der Waals surface area contributed by atoms with Crippen molar-refractivity contribution in [3.63, 3.8) is 0 Å². The van der Waals surface area contributed by atoms with Gasteiger partial charge in [-0.25, -0.2) is 4.39 Å². The Bertz CT molecular complexity index is 1100. The second-order valence-electron chi connectivity index (χ2n) is 11.8. The van der Waals surface area contributed by atoms with Gasteiger partial charge in [-0.1, -0.05) is 75.3 Å². The lowest BCUT2D eigenvalue weighted by atomic mass is 9.85. The summed E-state index contributed by atoms with van der Waals surface area (Å²) in [6, 6.07) is 11.9. The van der Waals surface area contributed by atoms with Crippen molar-refractivity contribution < 1.29 is 28.9 Å². The van der Waals surface area contributed by atoms with E-state index in [-0.39, 0.29) is 29.9 Å². The molecular formula is C33H45FN2O5. The fraction of sp³-hybridized carbons (Fsp3) is 0.576. The number of carbonyl (C=O) groups excluding carboxylic acids is 2. The molecule has 0 unspecified atom stereocenters. The van der Waals surface area contributed by atoms with E-state index < -0.39 is 29.6 Å². The molecule has 2 aromatic carbocycles. The van der Waals surface area contributed by atoms with Gasteiger partial charge in [-0.05, 0) is 55.7 Å². The molecule has 1 aliphatic heterocycles. The van der Waals surface area contributed by atoms with Crippen molar-refractivity contribution in [3.8, 4) is 5.75 Å². The number of halogens is 1. The number of carbonyl (C=O) groups is 2. The summed E-state index contributed by atoms with van der Waals surface area (Å²) >= 11 is 0. The van der Waals surface area contributed by atoms with Crippen LogP contribution in [0.15, 0.2) is 48.5 Å². The van der Waals surface area contributed by atoms with Gasteiger partial charge in [-0.2, -0.15) is 0 Å². The lowest BCUT2D eigenvalue weighted by Gasteiger charge is -2.30. The van der Waals surface area contributed by atoms with Crippen LogP contribution < -0.4 is 10.6 Å². The van der Waals surface area contributed by atoms with Gasteiger partial charge in [0.2, 0.25) is 5.91 Å². The zero-order valence-electron chi connectivity index (χ0n) is 23.9. The summed E-state index contributed by atoms with van der Waals surface area (Å²) in [6.45, 7) is 1.16. The first-order valence-electron chi connectivity index (χ1n) is 15.3. The normalized spacial score (nSPS) is 18.8. The Labute approximate surface area is 242 Å². The Morgan fingerprint density at radius 2 is 1.71 bits per heavy atom. The Morgan fingerprint density at radius 1 is 0.976 bits per heavy atom. The van der Waals surface area contributed by atoms with E-state index in [0.717, 1.165) is 42.9 Å². The number of hydrogen-bond acceptors (Lipinski definition) is 5. The molecule has 4 rings (SSSR count). The Hall–Kier alpha value is -2.97. The molecule has 4 N–H and O–H groups in total. The zero-order chi connectivity index (χ0) is 29.0. The number of nitrogens with one attached hydrogen (secondary N) is 2. The van der Waals surface area contributed by atoms with Crippen LogP contribution in [-0.4, -0.2) is 53.4 Å². The van der Waals surface area contributed by atoms with E-state index >= 15 is 0 Å². The van der Waals surface area contributed by atoms with Crippen LogP contribution in [0.4, 0.5) is 4.39 Å². The minimum atomic E-state index is -0.962. The van der Waals surface area contributed by atoms with Crippen molar-refractivity contribution in [2.24, 2.45) is 11.8 Å². The van der Waals surface area contributed by atoms with Gasteiger partial charge in [0.25, 0.3) is 5.91 Å². The molecule has 1 saturated carbocycles. The zero-order valence-corrected chi connectivity index (χ0v) is 23.9. The molecule has 0 spiro atoms. The highest BCUT2D eigenvalue weighted by Crippen LogP contribution is 2.28. The van der Waals surface area contributed by atoms with Crippen LogP contribution in [0.25, 0.3) is 0 Å². The summed E-state index contributed by atoms with van der Waals surface area (Å²) in [5.41, 5.74) is 0.869. The summed E-state index contributed by atoms with van der Waals surface area (Å²) in [6.07, 6.45) is 10.3. The maximum atomic E-state index is 13.5. The predicted molar refractivity (Wildman–Crippen MR) is 156 cm³/mol. The summed E-state index contributed by atoms with van der Waals surface area (Å²) in [5.74, 6) is -1.06. The molecule has 2 aliphatic rings. The van der Waals surface area contributed by atoms with Crippen LogP contribution in [0.1, 0.15) is 86.6 Å². The monoisotopic (exact) mass is 568 g/mol. The first kappa shape index (κ1) is 31.0. The van der Waals surface area contributed by atoms with Crippen LogP contribution in [0, 0.1) is 17.7 Å². The average Bonchev–Trinajstić information content (AvgIpc) is 2.98. The highest BCUT2D eigenvalue weighted by atomic mass is 19.1. The Balaban J connectivity index is 1.46. The molecule has 1 aliphatic carbocycles. The van der Waals surface area contributed by atoms with Gasteiger partial charge in [0.1, 0.15) is 11.6 Å². The topological polar surface area (TPSA) is 108 Å². The molecule has 224 valence electrons. The molecule has 2 aromatic rings. The molecule has 8 heteroatoms. The fourth-order valence-electron chi connectivity index (χ4n) is 6.21. The third-order valence-corrected chi connectivity index (χ3v) is 8.64. The summed E-state index contributed by atoms with van der Waals surface area (Å²) in [5, 5.41) is 27.8. The number of amides is 2. The fourth-order valence-corrected chi connectivity index (χ4v) is 6.21. The quantitative estimate of drug-likeness (QED) is 0.263. The molecule has 2 amide bonds. The molecule has 3 atom stereocenters. The number of phenolic OH excluding ortho intramolecular Hbond substituents is 1. The van der Waals surface area contributed by atoms with Gasteiger partial charge in [-0.15, -0.1) is 0 Å². The summed E-state index contributed by atoms with van der Waals surface area (Å²) in [4.78, 5) is 26.3. The van der Waals surface area contributed by atoms with Crippen molar-refractivity contribution in [2.75, 3.05) is 13.2 Å². The van der Waals surface area contributed by atoms with Gasteiger partial charge in [-0.3, -0.25) is 9.59 Å². The average molecular weight is 569 g/mol. The molecule has 0 bridgehead atoms. The number of hydrogen-bond donors (Lipinski definition) is 4. The van der Waals surface area contributed by atoms with Crippen molar-refractivity contribution >= 4 is 11.8 Å². The molecule has 7 nitrogen and oxygen atoms in total. The highest BCUT2D eigenvalue weighted by Gasteiger charge is 2.29. The van der Waals surface area contributed by atoms with Crippen LogP contribution in [0.5, 0.6) is 5.75 Å². The molecular weight excluding hydrogens is 523 g/mol. The maximum absolute atomic E-state index is 13.5. The van der Waals surface area contributed by atoms with Crippen molar-refractivity contribution in [3.05, 3.63) is 65.5 Å². The summed E-state index contributed by atoms with van der Waals surface area (Å²) in [7, 11) is 0. The number of ether oxygens (including phenoxy) is 1. The van der Waals surface area contributed by atoms with E-state index in [1.807, 2.05) is 30.3 Å². The number of rotatable bonds is 13. The Kier molecular flexibility index (Phi) is 12.0. The second kappa shape index (κ2) is 15.9. The van der Waals surface area contributed by atoms with E-state index in [4.69, 9.17) is 4.74 Å². The van der Waals surface area contributed by atoms with Gasteiger partial charge < -0.3 is 25.6 Å². The highest BCUT2D eigenvalue weighted by molar-refractivity contribution is 5.97. The SMILES string of the molecule is O=C(N[C@@H](Cc1ccccc1)[C@@H](O)C[C@H](CCCC1CCCCC1)NC(=O)C1CCOCC1)c1ccc(F)cc1O. The summed E-state index contributed by atoms with van der Waals surface area (Å²) < 4.78 is 18.9. The predicted octanol–water partition coefficient (Wildman–Crippen LogP) is 5.29. The number of benzene rings is 2. The molecule has 1 heterocycles. The molecule has 41 heavy (non-hydrogen) atoms. The van der Waals surface area contributed by atoms with E-state index in [1.54, 1.807) is 0 Å². The maximum Gasteiger partial charge on any atom is 0.255 e.